The van der Waals surface area contributed by atoms with E-state index in [9.17, 15) is 9.65 Å². The molecule has 0 fully saturated rings. The van der Waals surface area contributed by atoms with Gasteiger partial charge in [0, 0.05) is 29.9 Å². The summed E-state index contributed by atoms with van der Waals surface area (Å²) in [6.45, 7) is 2.32. The third kappa shape index (κ3) is 3.44. The van der Waals surface area contributed by atoms with Crippen LogP contribution in [0.25, 0.3) is 22.0 Å². The molecule has 0 atom stereocenters. The van der Waals surface area contributed by atoms with E-state index in [0.717, 1.165) is 0 Å². The van der Waals surface area contributed by atoms with E-state index in [0.29, 0.717) is 46.0 Å². The van der Waals surface area contributed by atoms with Gasteiger partial charge in [0.15, 0.2) is 5.82 Å². The summed E-state index contributed by atoms with van der Waals surface area (Å²) in [7, 11) is 1.52. The van der Waals surface area contributed by atoms with Crippen molar-refractivity contribution in [2.24, 2.45) is 0 Å². The van der Waals surface area contributed by atoms with E-state index in [2.05, 4.69) is 21.0 Å². The van der Waals surface area contributed by atoms with Crippen LogP contribution in [0.2, 0.25) is 0 Å². The highest BCUT2D eigenvalue weighted by molar-refractivity contribution is 5.98. The summed E-state index contributed by atoms with van der Waals surface area (Å²) in [5.74, 6) is 0.898. The molecule has 4 aromatic rings. The molecule has 0 spiro atoms. The zero-order valence-corrected chi connectivity index (χ0v) is 16.9. The number of benzene rings is 1. The van der Waals surface area contributed by atoms with Gasteiger partial charge in [-0.1, -0.05) is 6.07 Å². The van der Waals surface area contributed by atoms with Crippen molar-refractivity contribution < 1.29 is 9.13 Å². The smallest absolute Gasteiger partial charge is 0.157 e. The molecule has 154 valence electrons. The topological polar surface area (TPSA) is 114 Å². The van der Waals surface area contributed by atoms with Gasteiger partial charge in [0.1, 0.15) is 41.2 Å². The van der Waals surface area contributed by atoms with E-state index in [-0.39, 0.29) is 11.4 Å². The molecule has 0 aliphatic heterocycles. The molecule has 4 rings (SSSR count). The number of aromatic nitrogens is 4. The van der Waals surface area contributed by atoms with Gasteiger partial charge in [0.05, 0.1) is 18.2 Å². The average molecular weight is 415 g/mol. The Labute approximate surface area is 177 Å². The highest BCUT2D eigenvalue weighted by Gasteiger charge is 2.25. The third-order valence-corrected chi connectivity index (χ3v) is 4.83. The Morgan fingerprint density at radius 3 is 2.74 bits per heavy atom. The van der Waals surface area contributed by atoms with E-state index in [1.807, 2.05) is 13.0 Å². The largest absolute Gasteiger partial charge is 0.495 e. The van der Waals surface area contributed by atoms with Gasteiger partial charge < -0.3 is 15.4 Å². The van der Waals surface area contributed by atoms with Crippen LogP contribution in [0, 0.1) is 17.1 Å². The monoisotopic (exact) mass is 415 g/mol. The van der Waals surface area contributed by atoms with Gasteiger partial charge in [-0.3, -0.25) is 4.98 Å². The molecule has 0 saturated heterocycles. The fourth-order valence-corrected chi connectivity index (χ4v) is 3.47. The van der Waals surface area contributed by atoms with Crippen LogP contribution in [0.3, 0.4) is 0 Å². The Kier molecular flexibility index (Phi) is 5.28. The number of anilines is 3. The van der Waals surface area contributed by atoms with E-state index in [1.54, 1.807) is 29.4 Å². The summed E-state index contributed by atoms with van der Waals surface area (Å²) < 4.78 is 19.8. The molecular formula is C22H18FN7O. The minimum atomic E-state index is -0.403. The van der Waals surface area contributed by atoms with Crippen LogP contribution in [-0.2, 0) is 0 Å². The SMILES string of the molecule is CCN(c1ncnc(N)c1C#N)c1nc2ccc(F)cc2c(OC)c1-c1cccnc1. The third-order valence-electron chi connectivity index (χ3n) is 4.83. The van der Waals surface area contributed by atoms with Crippen molar-refractivity contribution in [2.45, 2.75) is 6.92 Å². The van der Waals surface area contributed by atoms with Crippen molar-refractivity contribution in [2.75, 3.05) is 24.3 Å². The number of pyridine rings is 2. The second-order valence-corrected chi connectivity index (χ2v) is 6.56. The molecule has 0 aliphatic rings. The summed E-state index contributed by atoms with van der Waals surface area (Å²) in [5.41, 5.74) is 7.89. The van der Waals surface area contributed by atoms with Crippen molar-refractivity contribution >= 4 is 28.4 Å². The van der Waals surface area contributed by atoms with Gasteiger partial charge in [-0.25, -0.2) is 19.3 Å². The molecule has 0 bridgehead atoms. The second kappa shape index (κ2) is 8.20. The molecule has 2 N–H and O–H groups in total. The van der Waals surface area contributed by atoms with Gasteiger partial charge in [-0.05, 0) is 31.2 Å². The normalized spacial score (nSPS) is 10.6. The molecule has 9 heteroatoms. The van der Waals surface area contributed by atoms with Crippen molar-refractivity contribution in [3.8, 4) is 22.9 Å². The molecule has 1 aromatic carbocycles. The first-order valence-corrected chi connectivity index (χ1v) is 9.44. The molecule has 0 aliphatic carbocycles. The zero-order valence-electron chi connectivity index (χ0n) is 16.9. The van der Waals surface area contributed by atoms with Crippen LogP contribution in [0.4, 0.5) is 21.8 Å². The molecular weight excluding hydrogens is 397 g/mol. The van der Waals surface area contributed by atoms with Crippen molar-refractivity contribution in [3.63, 3.8) is 0 Å². The van der Waals surface area contributed by atoms with Gasteiger partial charge in [-0.15, -0.1) is 0 Å². The minimum Gasteiger partial charge on any atom is -0.495 e. The number of ether oxygens (including phenoxy) is 1. The number of nitrogen functional groups attached to an aromatic ring is 1. The number of hydrogen-bond acceptors (Lipinski definition) is 8. The van der Waals surface area contributed by atoms with Crippen molar-refractivity contribution in [1.29, 1.82) is 5.26 Å². The molecule has 0 amide bonds. The van der Waals surface area contributed by atoms with Crippen molar-refractivity contribution in [1.82, 2.24) is 19.9 Å². The number of halogens is 1. The van der Waals surface area contributed by atoms with E-state index >= 15 is 0 Å². The number of nitriles is 1. The Morgan fingerprint density at radius 2 is 2.06 bits per heavy atom. The van der Waals surface area contributed by atoms with Crippen LogP contribution in [0.15, 0.2) is 49.1 Å². The number of rotatable bonds is 5. The van der Waals surface area contributed by atoms with Gasteiger partial charge >= 0.3 is 0 Å². The molecule has 0 saturated carbocycles. The average Bonchev–Trinajstić information content (AvgIpc) is 2.79. The Balaban J connectivity index is 2.11. The lowest BCUT2D eigenvalue weighted by atomic mass is 10.0. The molecule has 3 heterocycles. The predicted octanol–water partition coefficient (Wildman–Crippen LogP) is 3.85. The quantitative estimate of drug-likeness (QED) is 0.523. The molecule has 3 aromatic heterocycles. The summed E-state index contributed by atoms with van der Waals surface area (Å²) >= 11 is 0. The first-order chi connectivity index (χ1) is 15.1. The standard InChI is InChI=1S/C22H18FN7O/c1-3-30(21-16(10-24)20(25)27-12-28-21)22-18(13-5-4-8-26-11-13)19(31-2)15-9-14(23)6-7-17(15)29-22/h4-9,11-12H,3H2,1-2H3,(H2,25,27,28). The lowest BCUT2D eigenvalue weighted by Crippen LogP contribution is -2.22. The van der Waals surface area contributed by atoms with E-state index in [4.69, 9.17) is 15.5 Å². The summed E-state index contributed by atoms with van der Waals surface area (Å²) in [4.78, 5) is 19.0. The Hall–Kier alpha value is -4.32. The lowest BCUT2D eigenvalue weighted by molar-refractivity contribution is 0.421. The molecule has 31 heavy (non-hydrogen) atoms. The molecule has 0 unspecified atom stereocenters. The summed E-state index contributed by atoms with van der Waals surface area (Å²) in [5, 5.41) is 10.2. The van der Waals surface area contributed by atoms with E-state index < -0.39 is 5.82 Å². The van der Waals surface area contributed by atoms with Crippen LogP contribution in [-0.4, -0.2) is 33.6 Å². The van der Waals surface area contributed by atoms with Gasteiger partial charge in [0.25, 0.3) is 0 Å². The highest BCUT2D eigenvalue weighted by Crippen LogP contribution is 2.44. The van der Waals surface area contributed by atoms with Crippen LogP contribution < -0.4 is 15.4 Å². The predicted molar refractivity (Wildman–Crippen MR) is 115 cm³/mol. The van der Waals surface area contributed by atoms with Gasteiger partial charge in [0.2, 0.25) is 0 Å². The maximum absolute atomic E-state index is 14.0. The maximum Gasteiger partial charge on any atom is 0.157 e. The number of hydrogen-bond donors (Lipinski definition) is 1. The second-order valence-electron chi connectivity index (χ2n) is 6.56. The maximum atomic E-state index is 14.0. The van der Waals surface area contributed by atoms with Gasteiger partial charge in [-0.2, -0.15) is 5.26 Å². The zero-order chi connectivity index (χ0) is 22.0. The molecule has 8 nitrogen and oxygen atoms in total. The van der Waals surface area contributed by atoms with Crippen molar-refractivity contribution in [3.05, 3.63) is 60.4 Å². The van der Waals surface area contributed by atoms with Crippen LogP contribution >= 0.6 is 0 Å². The van der Waals surface area contributed by atoms with Crippen LogP contribution in [0.1, 0.15) is 12.5 Å². The highest BCUT2D eigenvalue weighted by atomic mass is 19.1. The number of nitrogens with two attached hydrogens (primary N) is 1. The fourth-order valence-electron chi connectivity index (χ4n) is 3.47. The summed E-state index contributed by atoms with van der Waals surface area (Å²) in [6, 6.07) is 10.0. The lowest BCUT2D eigenvalue weighted by Gasteiger charge is -2.26. The first kappa shape index (κ1) is 20.0. The summed E-state index contributed by atoms with van der Waals surface area (Å²) in [6.07, 6.45) is 4.62. The minimum absolute atomic E-state index is 0.0729. The van der Waals surface area contributed by atoms with E-state index in [1.165, 1.54) is 25.6 Å². The number of nitrogens with zero attached hydrogens (tertiary/aromatic N) is 6. The number of methoxy groups -OCH3 is 1. The Morgan fingerprint density at radius 1 is 1.23 bits per heavy atom. The number of fused-ring (bicyclic) bond motifs is 1. The molecule has 0 radical (unpaired) electrons. The van der Waals surface area contributed by atoms with Crippen LogP contribution in [0.5, 0.6) is 5.75 Å². The first-order valence-electron chi connectivity index (χ1n) is 9.44. The Bertz CT molecular complexity index is 1300. The fraction of sp³-hybridized carbons (Fsp3) is 0.136.